The molecule has 1 aliphatic carbocycles. The molecule has 0 heterocycles. The zero-order valence-electron chi connectivity index (χ0n) is 14.8. The Morgan fingerprint density at radius 3 is 1.43 bits per heavy atom. The van der Waals surface area contributed by atoms with Crippen molar-refractivity contribution in [2.75, 3.05) is 0 Å². The van der Waals surface area contributed by atoms with Crippen LogP contribution in [-0.4, -0.2) is 11.8 Å². The van der Waals surface area contributed by atoms with Crippen molar-refractivity contribution in [1.29, 1.82) is 0 Å². The average molecular weight is 325 g/mol. The van der Waals surface area contributed by atoms with Gasteiger partial charge in [0, 0.05) is 11.8 Å². The molecule has 23 heavy (non-hydrogen) atoms. The summed E-state index contributed by atoms with van der Waals surface area (Å²) in [4.78, 5) is 23.2. The normalized spacial score (nSPS) is 21.2. The number of carbonyl (C=O) groups is 2. The number of carbonyl (C=O) groups excluding carboxylic acids is 2. The second-order valence-electron chi connectivity index (χ2n) is 7.35. The topological polar surface area (TPSA) is 86.2 Å². The van der Waals surface area contributed by atoms with Gasteiger partial charge in [0.2, 0.25) is 11.8 Å². The maximum Gasteiger partial charge on any atom is 0.223 e. The van der Waals surface area contributed by atoms with Crippen molar-refractivity contribution in [3.05, 3.63) is 0 Å². The van der Waals surface area contributed by atoms with Crippen LogP contribution in [0, 0.1) is 5.41 Å². The Kier molecular flexibility index (Phi) is 9.97. The lowest BCUT2D eigenvalue weighted by Gasteiger charge is -2.31. The van der Waals surface area contributed by atoms with Gasteiger partial charge in [-0.25, -0.2) is 0 Å². The van der Waals surface area contributed by atoms with E-state index in [9.17, 15) is 9.59 Å². The third kappa shape index (κ3) is 8.38. The van der Waals surface area contributed by atoms with Crippen molar-refractivity contribution in [3.63, 3.8) is 0 Å². The molecule has 0 radical (unpaired) electrons. The SMILES string of the molecule is NC(=O)CCCC1(C(N)=O)CCCCCCCCCCCCC1. The Balaban J connectivity index is 2.62. The first-order valence-electron chi connectivity index (χ1n) is 9.65. The standard InChI is InChI=1S/C19H36N2O2/c20-17(22)13-12-16-19(18(21)23)14-10-8-6-4-2-1-3-5-7-9-11-15-19/h1-16H2,(H2,20,22)(H2,21,23). The third-order valence-corrected chi connectivity index (χ3v) is 5.41. The van der Waals surface area contributed by atoms with E-state index in [2.05, 4.69) is 0 Å². The predicted molar refractivity (Wildman–Crippen MR) is 94.7 cm³/mol. The van der Waals surface area contributed by atoms with Gasteiger partial charge in [-0.2, -0.15) is 0 Å². The highest BCUT2D eigenvalue weighted by Crippen LogP contribution is 2.37. The molecule has 0 saturated heterocycles. The molecular weight excluding hydrogens is 288 g/mol. The molecule has 0 aromatic rings. The Labute approximate surface area is 141 Å². The highest BCUT2D eigenvalue weighted by molar-refractivity contribution is 5.81. The van der Waals surface area contributed by atoms with Crippen LogP contribution in [0.15, 0.2) is 0 Å². The van der Waals surface area contributed by atoms with Gasteiger partial charge in [0.15, 0.2) is 0 Å². The predicted octanol–water partition coefficient (Wildman–Crippen LogP) is 4.20. The number of nitrogens with two attached hydrogens (primary N) is 2. The molecule has 1 rings (SSSR count). The fourth-order valence-electron chi connectivity index (χ4n) is 3.86. The quantitative estimate of drug-likeness (QED) is 0.794. The third-order valence-electron chi connectivity index (χ3n) is 5.41. The number of primary amides is 2. The van der Waals surface area contributed by atoms with Gasteiger partial charge in [0.05, 0.1) is 0 Å². The fraction of sp³-hybridized carbons (Fsp3) is 0.895. The van der Waals surface area contributed by atoms with Gasteiger partial charge in [-0.05, 0) is 25.7 Å². The number of rotatable bonds is 5. The minimum Gasteiger partial charge on any atom is -0.370 e. The summed E-state index contributed by atoms with van der Waals surface area (Å²) in [5.74, 6) is -0.459. The summed E-state index contributed by atoms with van der Waals surface area (Å²) in [6.45, 7) is 0. The smallest absolute Gasteiger partial charge is 0.223 e. The van der Waals surface area contributed by atoms with Crippen LogP contribution in [0.2, 0.25) is 0 Å². The molecule has 1 aliphatic rings. The fourth-order valence-corrected chi connectivity index (χ4v) is 3.86. The minimum atomic E-state index is -0.417. The van der Waals surface area contributed by atoms with Crippen LogP contribution >= 0.6 is 0 Å². The zero-order chi connectivity index (χ0) is 17.0. The lowest BCUT2D eigenvalue weighted by molar-refractivity contribution is -0.129. The van der Waals surface area contributed by atoms with Crippen molar-refractivity contribution >= 4 is 11.8 Å². The van der Waals surface area contributed by atoms with E-state index < -0.39 is 5.41 Å². The summed E-state index contributed by atoms with van der Waals surface area (Å²) in [6, 6.07) is 0. The Morgan fingerprint density at radius 2 is 1.09 bits per heavy atom. The van der Waals surface area contributed by atoms with Crippen LogP contribution in [0.25, 0.3) is 0 Å². The van der Waals surface area contributed by atoms with E-state index >= 15 is 0 Å². The molecule has 0 aromatic carbocycles. The van der Waals surface area contributed by atoms with Crippen molar-refractivity contribution in [2.45, 2.75) is 103 Å². The van der Waals surface area contributed by atoms with E-state index in [1.54, 1.807) is 0 Å². The second-order valence-corrected chi connectivity index (χ2v) is 7.35. The summed E-state index contributed by atoms with van der Waals surface area (Å²) >= 11 is 0. The van der Waals surface area contributed by atoms with Crippen molar-refractivity contribution in [2.24, 2.45) is 16.9 Å². The lowest BCUT2D eigenvalue weighted by Crippen LogP contribution is -2.37. The molecule has 2 amide bonds. The highest BCUT2D eigenvalue weighted by Gasteiger charge is 2.34. The average Bonchev–Trinajstić information content (AvgIpc) is 2.50. The Morgan fingerprint density at radius 1 is 0.696 bits per heavy atom. The molecule has 0 aliphatic heterocycles. The van der Waals surface area contributed by atoms with Crippen LogP contribution in [-0.2, 0) is 9.59 Å². The highest BCUT2D eigenvalue weighted by atomic mass is 16.1. The lowest BCUT2D eigenvalue weighted by atomic mass is 9.73. The summed E-state index contributed by atoms with van der Waals surface area (Å²) in [5, 5.41) is 0. The van der Waals surface area contributed by atoms with E-state index in [4.69, 9.17) is 11.5 Å². The van der Waals surface area contributed by atoms with Crippen LogP contribution in [0.4, 0.5) is 0 Å². The molecule has 0 unspecified atom stereocenters. The van der Waals surface area contributed by atoms with Crippen molar-refractivity contribution in [3.8, 4) is 0 Å². The second kappa shape index (κ2) is 11.5. The van der Waals surface area contributed by atoms with Gasteiger partial charge < -0.3 is 11.5 Å². The van der Waals surface area contributed by atoms with Gasteiger partial charge in [0.1, 0.15) is 0 Å². The van der Waals surface area contributed by atoms with Gasteiger partial charge in [0.25, 0.3) is 0 Å². The molecule has 0 atom stereocenters. The molecule has 0 spiro atoms. The molecular formula is C19H36N2O2. The molecule has 1 saturated carbocycles. The van der Waals surface area contributed by atoms with Gasteiger partial charge in [-0.1, -0.05) is 70.6 Å². The van der Waals surface area contributed by atoms with Crippen LogP contribution in [0.5, 0.6) is 0 Å². The number of amides is 2. The molecule has 4 nitrogen and oxygen atoms in total. The van der Waals surface area contributed by atoms with E-state index in [0.29, 0.717) is 19.3 Å². The summed E-state index contributed by atoms with van der Waals surface area (Å²) in [6.07, 6.45) is 17.2. The first kappa shape index (κ1) is 20.0. The molecule has 1 fully saturated rings. The first-order chi connectivity index (χ1) is 11.1. The van der Waals surface area contributed by atoms with E-state index in [1.165, 1.54) is 57.8 Å². The van der Waals surface area contributed by atoms with Crippen molar-refractivity contribution in [1.82, 2.24) is 0 Å². The molecule has 0 bridgehead atoms. The van der Waals surface area contributed by atoms with Gasteiger partial charge >= 0.3 is 0 Å². The minimum absolute atomic E-state index is 0.172. The molecule has 4 N–H and O–H groups in total. The monoisotopic (exact) mass is 324 g/mol. The summed E-state index contributed by atoms with van der Waals surface area (Å²) in [7, 11) is 0. The Bertz CT molecular complexity index is 341. The maximum atomic E-state index is 12.2. The van der Waals surface area contributed by atoms with Crippen LogP contribution in [0.3, 0.4) is 0 Å². The van der Waals surface area contributed by atoms with E-state index in [-0.39, 0.29) is 11.8 Å². The number of hydrogen-bond donors (Lipinski definition) is 2. The van der Waals surface area contributed by atoms with Gasteiger partial charge in [-0.3, -0.25) is 9.59 Å². The maximum absolute atomic E-state index is 12.2. The summed E-state index contributed by atoms with van der Waals surface area (Å²) in [5.41, 5.74) is 10.6. The van der Waals surface area contributed by atoms with Crippen molar-refractivity contribution < 1.29 is 9.59 Å². The molecule has 0 aromatic heterocycles. The van der Waals surface area contributed by atoms with Crippen LogP contribution < -0.4 is 11.5 Å². The largest absolute Gasteiger partial charge is 0.370 e. The zero-order valence-corrected chi connectivity index (χ0v) is 14.8. The van der Waals surface area contributed by atoms with Gasteiger partial charge in [-0.15, -0.1) is 0 Å². The molecule has 4 heteroatoms. The summed E-state index contributed by atoms with van der Waals surface area (Å²) < 4.78 is 0. The van der Waals surface area contributed by atoms with E-state index in [0.717, 1.165) is 25.7 Å². The number of hydrogen-bond acceptors (Lipinski definition) is 2. The van der Waals surface area contributed by atoms with E-state index in [1.807, 2.05) is 0 Å². The first-order valence-corrected chi connectivity index (χ1v) is 9.65. The Hall–Kier alpha value is -1.06. The molecule has 134 valence electrons. The van der Waals surface area contributed by atoms with Crippen LogP contribution in [0.1, 0.15) is 103 Å².